The Hall–Kier alpha value is -1.95. The van der Waals surface area contributed by atoms with E-state index in [0.29, 0.717) is 18.5 Å². The van der Waals surface area contributed by atoms with E-state index in [4.69, 9.17) is 0 Å². The predicted molar refractivity (Wildman–Crippen MR) is 80.7 cm³/mol. The van der Waals surface area contributed by atoms with Gasteiger partial charge in [-0.3, -0.25) is 9.59 Å². The number of amides is 2. The van der Waals surface area contributed by atoms with Gasteiger partial charge in [0, 0.05) is 17.8 Å². The number of hydrogen-bond acceptors (Lipinski definition) is 3. The van der Waals surface area contributed by atoms with Gasteiger partial charge < -0.3 is 15.7 Å². The van der Waals surface area contributed by atoms with Crippen molar-refractivity contribution in [3.8, 4) is 0 Å². The Labute approximate surface area is 128 Å². The van der Waals surface area contributed by atoms with E-state index in [1.807, 2.05) is 0 Å². The van der Waals surface area contributed by atoms with Crippen LogP contribution in [0.15, 0.2) is 18.2 Å². The number of hydrogen-bond donors (Lipinski definition) is 3. The second-order valence-corrected chi connectivity index (χ2v) is 5.76. The van der Waals surface area contributed by atoms with E-state index in [1.54, 1.807) is 6.07 Å². The summed E-state index contributed by atoms with van der Waals surface area (Å²) < 4.78 is 13.4. The first kappa shape index (κ1) is 16.4. The van der Waals surface area contributed by atoms with Crippen LogP contribution < -0.4 is 10.6 Å². The van der Waals surface area contributed by atoms with Crippen molar-refractivity contribution in [3.05, 3.63) is 29.6 Å². The molecule has 1 aromatic rings. The van der Waals surface area contributed by atoms with E-state index in [1.165, 1.54) is 19.1 Å². The lowest BCUT2D eigenvalue weighted by Crippen LogP contribution is -2.39. The lowest BCUT2D eigenvalue weighted by molar-refractivity contribution is -0.136. The molecule has 0 spiro atoms. The maximum absolute atomic E-state index is 13.4. The van der Waals surface area contributed by atoms with Crippen LogP contribution in [0.2, 0.25) is 0 Å². The highest BCUT2D eigenvalue weighted by molar-refractivity contribution is 6.39. The van der Waals surface area contributed by atoms with E-state index >= 15 is 0 Å². The van der Waals surface area contributed by atoms with Crippen molar-refractivity contribution in [2.75, 3.05) is 11.9 Å². The molecule has 6 heteroatoms. The van der Waals surface area contributed by atoms with Gasteiger partial charge in [-0.2, -0.15) is 0 Å². The maximum atomic E-state index is 13.4. The zero-order valence-corrected chi connectivity index (χ0v) is 12.6. The third-order valence-electron chi connectivity index (χ3n) is 4.03. The van der Waals surface area contributed by atoms with Gasteiger partial charge in [0.05, 0.1) is 6.10 Å². The number of aliphatic hydroxyl groups excluding tert-OH is 1. The van der Waals surface area contributed by atoms with Gasteiger partial charge in [0.25, 0.3) is 0 Å². The third kappa shape index (κ3) is 4.27. The summed E-state index contributed by atoms with van der Waals surface area (Å²) in [6.45, 7) is 1.90. The summed E-state index contributed by atoms with van der Waals surface area (Å²) in [5, 5.41) is 14.6. The lowest BCUT2D eigenvalue weighted by atomic mass is 9.87. The van der Waals surface area contributed by atoms with Gasteiger partial charge in [0.15, 0.2) is 0 Å². The van der Waals surface area contributed by atoms with Crippen LogP contribution in [0, 0.1) is 18.7 Å². The van der Waals surface area contributed by atoms with Crippen molar-refractivity contribution in [2.45, 2.75) is 38.7 Å². The first-order valence-electron chi connectivity index (χ1n) is 7.49. The molecule has 0 aromatic heterocycles. The number of rotatable bonds is 3. The van der Waals surface area contributed by atoms with Crippen LogP contribution in [0.3, 0.4) is 0 Å². The van der Waals surface area contributed by atoms with Crippen LogP contribution in [0.1, 0.15) is 31.2 Å². The highest BCUT2D eigenvalue weighted by Gasteiger charge is 2.22. The number of benzene rings is 1. The van der Waals surface area contributed by atoms with Crippen molar-refractivity contribution in [1.29, 1.82) is 0 Å². The topological polar surface area (TPSA) is 78.4 Å². The molecule has 0 saturated heterocycles. The Morgan fingerprint density at radius 3 is 2.82 bits per heavy atom. The molecule has 1 aliphatic rings. The summed E-state index contributed by atoms with van der Waals surface area (Å²) in [5.74, 6) is -1.81. The fraction of sp³-hybridized carbons (Fsp3) is 0.500. The second-order valence-electron chi connectivity index (χ2n) is 5.76. The number of carbonyl (C=O) groups excluding carboxylic acids is 2. The van der Waals surface area contributed by atoms with Crippen molar-refractivity contribution in [1.82, 2.24) is 5.32 Å². The highest BCUT2D eigenvalue weighted by atomic mass is 19.1. The zero-order valence-electron chi connectivity index (χ0n) is 12.6. The summed E-state index contributed by atoms with van der Waals surface area (Å²) in [4.78, 5) is 23.6. The molecule has 1 aromatic carbocycles. The van der Waals surface area contributed by atoms with Gasteiger partial charge in [-0.05, 0) is 44.2 Å². The number of carbonyl (C=O) groups is 2. The van der Waals surface area contributed by atoms with Crippen LogP contribution in [-0.2, 0) is 9.59 Å². The molecule has 1 saturated carbocycles. The minimum atomic E-state index is -0.815. The maximum Gasteiger partial charge on any atom is 0.313 e. The molecule has 0 heterocycles. The first-order valence-corrected chi connectivity index (χ1v) is 7.49. The molecule has 2 amide bonds. The van der Waals surface area contributed by atoms with E-state index in [9.17, 15) is 19.1 Å². The standard InChI is InChI=1S/C16H21FN2O3/c1-10-13(17)6-3-7-14(10)19-16(22)15(21)18-9-11-4-2-5-12(20)8-11/h3,6-7,11-12,20H,2,4-5,8-9H2,1H3,(H,18,21)(H,19,22). The minimum absolute atomic E-state index is 0.191. The Kier molecular flexibility index (Phi) is 5.49. The molecule has 5 nitrogen and oxygen atoms in total. The minimum Gasteiger partial charge on any atom is -0.393 e. The number of halogens is 1. The molecule has 0 bridgehead atoms. The largest absolute Gasteiger partial charge is 0.393 e. The van der Waals surface area contributed by atoms with Crippen molar-refractivity contribution in [2.24, 2.45) is 5.92 Å². The molecule has 2 atom stereocenters. The molecule has 22 heavy (non-hydrogen) atoms. The van der Waals surface area contributed by atoms with Gasteiger partial charge >= 0.3 is 11.8 Å². The molecular weight excluding hydrogens is 287 g/mol. The third-order valence-corrected chi connectivity index (χ3v) is 4.03. The number of aliphatic hydroxyl groups is 1. The van der Waals surface area contributed by atoms with Crippen LogP contribution >= 0.6 is 0 Å². The normalized spacial score (nSPS) is 21.2. The fourth-order valence-corrected chi connectivity index (χ4v) is 2.69. The summed E-state index contributed by atoms with van der Waals surface area (Å²) in [5.41, 5.74) is 0.576. The lowest BCUT2D eigenvalue weighted by Gasteiger charge is -2.25. The van der Waals surface area contributed by atoms with Crippen LogP contribution in [-0.4, -0.2) is 29.6 Å². The second kappa shape index (κ2) is 7.35. The smallest absolute Gasteiger partial charge is 0.313 e. The molecule has 2 rings (SSSR count). The van der Waals surface area contributed by atoms with Crippen LogP contribution in [0.25, 0.3) is 0 Å². The van der Waals surface area contributed by atoms with Gasteiger partial charge in [-0.15, -0.1) is 0 Å². The van der Waals surface area contributed by atoms with Gasteiger partial charge in [-0.1, -0.05) is 12.5 Å². The summed E-state index contributed by atoms with van der Waals surface area (Å²) >= 11 is 0. The van der Waals surface area contributed by atoms with Gasteiger partial charge in [0.2, 0.25) is 0 Å². The van der Waals surface area contributed by atoms with Gasteiger partial charge in [0.1, 0.15) is 5.82 Å². The molecule has 3 N–H and O–H groups in total. The molecule has 2 unspecified atom stereocenters. The Balaban J connectivity index is 1.84. The summed E-state index contributed by atoms with van der Waals surface area (Å²) in [6, 6.07) is 4.31. The monoisotopic (exact) mass is 308 g/mol. The number of nitrogens with one attached hydrogen (secondary N) is 2. The quantitative estimate of drug-likeness (QED) is 0.744. The highest BCUT2D eigenvalue weighted by Crippen LogP contribution is 2.23. The van der Waals surface area contributed by atoms with Crippen LogP contribution in [0.5, 0.6) is 0 Å². The van der Waals surface area contributed by atoms with E-state index in [-0.39, 0.29) is 17.7 Å². The Morgan fingerprint density at radius 1 is 1.32 bits per heavy atom. The molecule has 0 radical (unpaired) electrons. The molecule has 1 fully saturated rings. The Bertz CT molecular complexity index is 562. The first-order chi connectivity index (χ1) is 10.5. The predicted octanol–water partition coefficient (Wildman–Crippen LogP) is 1.74. The molecule has 120 valence electrons. The van der Waals surface area contributed by atoms with Gasteiger partial charge in [-0.25, -0.2) is 4.39 Å². The van der Waals surface area contributed by atoms with Crippen molar-refractivity contribution >= 4 is 17.5 Å². The summed E-state index contributed by atoms with van der Waals surface area (Å²) in [6.07, 6.45) is 2.98. The molecular formula is C16H21FN2O3. The molecule has 0 aliphatic heterocycles. The summed E-state index contributed by atoms with van der Waals surface area (Å²) in [7, 11) is 0. The average Bonchev–Trinajstić information content (AvgIpc) is 2.49. The fourth-order valence-electron chi connectivity index (χ4n) is 2.69. The van der Waals surface area contributed by atoms with Crippen molar-refractivity contribution < 1.29 is 19.1 Å². The van der Waals surface area contributed by atoms with Crippen molar-refractivity contribution in [3.63, 3.8) is 0 Å². The number of anilines is 1. The average molecular weight is 308 g/mol. The van der Waals surface area contributed by atoms with E-state index in [2.05, 4.69) is 10.6 Å². The van der Waals surface area contributed by atoms with Crippen LogP contribution in [0.4, 0.5) is 10.1 Å². The van der Waals surface area contributed by atoms with E-state index < -0.39 is 17.6 Å². The van der Waals surface area contributed by atoms with E-state index in [0.717, 1.165) is 19.3 Å². The molecule has 1 aliphatic carbocycles. The Morgan fingerprint density at radius 2 is 2.09 bits per heavy atom. The SMILES string of the molecule is Cc1c(F)cccc1NC(=O)C(=O)NCC1CCCC(O)C1. The zero-order chi connectivity index (χ0) is 16.1.